The largest absolute Gasteiger partial charge is 0.493 e. The molecule has 27 heavy (non-hydrogen) atoms. The lowest BCUT2D eigenvalue weighted by Crippen LogP contribution is -2.26. The summed E-state index contributed by atoms with van der Waals surface area (Å²) >= 11 is 0. The minimum absolute atomic E-state index is 0.389. The van der Waals surface area contributed by atoms with Crippen molar-refractivity contribution in [2.75, 3.05) is 11.9 Å². The standard InChI is InChI=1S/C22H20N2O3/c1-14-13-17(15-7-4-3-5-8-15)20(24(14)2)21(25)22(26)23-18-9-6-10-19-16(18)11-12-27-19/h3-10,13H,11-12H2,1-2H3,(H,23,26). The number of ketones is 1. The molecule has 3 aromatic rings. The van der Waals surface area contributed by atoms with Gasteiger partial charge in [0.25, 0.3) is 11.7 Å². The summed E-state index contributed by atoms with van der Waals surface area (Å²) in [5.74, 6) is -0.436. The van der Waals surface area contributed by atoms with E-state index in [2.05, 4.69) is 5.32 Å². The van der Waals surface area contributed by atoms with Crippen molar-refractivity contribution in [3.8, 4) is 16.9 Å². The van der Waals surface area contributed by atoms with Crippen molar-refractivity contribution in [3.63, 3.8) is 0 Å². The van der Waals surface area contributed by atoms with Crippen molar-refractivity contribution in [2.45, 2.75) is 13.3 Å². The van der Waals surface area contributed by atoms with Gasteiger partial charge in [0.15, 0.2) is 0 Å². The summed E-state index contributed by atoms with van der Waals surface area (Å²) in [6.45, 7) is 2.51. The zero-order valence-corrected chi connectivity index (χ0v) is 15.3. The molecule has 2 heterocycles. The quantitative estimate of drug-likeness (QED) is 0.569. The first-order valence-electron chi connectivity index (χ1n) is 8.88. The zero-order chi connectivity index (χ0) is 19.0. The Hall–Kier alpha value is -3.34. The van der Waals surface area contributed by atoms with Crippen LogP contribution in [0.15, 0.2) is 54.6 Å². The predicted molar refractivity (Wildman–Crippen MR) is 104 cm³/mol. The molecule has 0 fully saturated rings. The van der Waals surface area contributed by atoms with Crippen LogP contribution in [0.25, 0.3) is 11.1 Å². The van der Waals surface area contributed by atoms with Crippen LogP contribution < -0.4 is 10.1 Å². The molecule has 1 N–H and O–H groups in total. The molecule has 5 nitrogen and oxygen atoms in total. The van der Waals surface area contributed by atoms with Gasteiger partial charge in [-0.2, -0.15) is 0 Å². The molecule has 0 saturated carbocycles. The molecule has 1 aromatic heterocycles. The topological polar surface area (TPSA) is 60.3 Å². The van der Waals surface area contributed by atoms with Crippen LogP contribution in [0.4, 0.5) is 5.69 Å². The number of hydrogen-bond acceptors (Lipinski definition) is 3. The fourth-order valence-corrected chi connectivity index (χ4v) is 3.47. The first-order chi connectivity index (χ1) is 13.1. The normalized spacial score (nSPS) is 12.4. The number of rotatable bonds is 4. The minimum Gasteiger partial charge on any atom is -0.493 e. The van der Waals surface area contributed by atoms with Crippen LogP contribution in [-0.4, -0.2) is 22.9 Å². The number of carbonyl (C=O) groups is 2. The van der Waals surface area contributed by atoms with E-state index >= 15 is 0 Å². The van der Waals surface area contributed by atoms with E-state index in [0.29, 0.717) is 18.0 Å². The summed E-state index contributed by atoms with van der Waals surface area (Å²) < 4.78 is 7.29. The van der Waals surface area contributed by atoms with Crippen LogP contribution >= 0.6 is 0 Å². The van der Waals surface area contributed by atoms with Crippen molar-refractivity contribution in [1.82, 2.24) is 4.57 Å². The van der Waals surface area contributed by atoms with Gasteiger partial charge in [-0.25, -0.2) is 0 Å². The number of amides is 1. The number of nitrogens with zero attached hydrogens (tertiary/aromatic N) is 1. The summed E-state index contributed by atoms with van der Waals surface area (Å²) in [7, 11) is 1.80. The monoisotopic (exact) mass is 360 g/mol. The second-order valence-electron chi connectivity index (χ2n) is 6.64. The van der Waals surface area contributed by atoms with Gasteiger partial charge >= 0.3 is 0 Å². The second-order valence-corrected chi connectivity index (χ2v) is 6.64. The molecule has 136 valence electrons. The average Bonchev–Trinajstić information content (AvgIpc) is 3.28. The third-order valence-corrected chi connectivity index (χ3v) is 4.97. The van der Waals surface area contributed by atoms with E-state index < -0.39 is 11.7 Å². The highest BCUT2D eigenvalue weighted by molar-refractivity contribution is 6.47. The maximum Gasteiger partial charge on any atom is 0.298 e. The molecule has 1 amide bonds. The van der Waals surface area contributed by atoms with Crippen LogP contribution in [0, 0.1) is 6.92 Å². The summed E-state index contributed by atoms with van der Waals surface area (Å²) in [5.41, 5.74) is 4.54. The van der Waals surface area contributed by atoms with Crippen molar-refractivity contribution in [1.29, 1.82) is 0 Å². The number of fused-ring (bicyclic) bond motifs is 1. The van der Waals surface area contributed by atoms with Gasteiger partial charge in [-0.05, 0) is 30.7 Å². The van der Waals surface area contributed by atoms with Crippen molar-refractivity contribution >= 4 is 17.4 Å². The van der Waals surface area contributed by atoms with E-state index in [1.807, 2.05) is 55.5 Å². The van der Waals surface area contributed by atoms with Crippen molar-refractivity contribution in [3.05, 3.63) is 71.5 Å². The SMILES string of the molecule is Cc1cc(-c2ccccc2)c(C(=O)C(=O)Nc2cccc3c2CCO3)n1C. The molecule has 1 aliphatic heterocycles. The number of aryl methyl sites for hydroxylation is 1. The number of carbonyl (C=O) groups excluding carboxylic acids is 2. The molecular weight excluding hydrogens is 340 g/mol. The summed E-state index contributed by atoms with van der Waals surface area (Å²) in [5, 5.41) is 2.77. The van der Waals surface area contributed by atoms with E-state index in [1.165, 1.54) is 0 Å². The Morgan fingerprint density at radius 3 is 2.63 bits per heavy atom. The molecule has 0 radical (unpaired) electrons. The maximum absolute atomic E-state index is 13.0. The first kappa shape index (κ1) is 17.1. The molecule has 2 aromatic carbocycles. The van der Waals surface area contributed by atoms with E-state index in [9.17, 15) is 9.59 Å². The fraction of sp³-hybridized carbons (Fsp3) is 0.182. The highest BCUT2D eigenvalue weighted by Gasteiger charge is 2.26. The lowest BCUT2D eigenvalue weighted by molar-refractivity contribution is -0.112. The Morgan fingerprint density at radius 2 is 1.85 bits per heavy atom. The first-order valence-corrected chi connectivity index (χ1v) is 8.88. The molecule has 4 rings (SSSR count). The Balaban J connectivity index is 1.68. The van der Waals surface area contributed by atoms with Crippen LogP contribution in [0.3, 0.4) is 0 Å². The van der Waals surface area contributed by atoms with Crippen LogP contribution in [0.5, 0.6) is 5.75 Å². The molecule has 0 unspecified atom stereocenters. The van der Waals surface area contributed by atoms with Gasteiger partial charge in [0.05, 0.1) is 6.61 Å². The third-order valence-electron chi connectivity index (χ3n) is 4.97. The number of anilines is 1. The summed E-state index contributed by atoms with van der Waals surface area (Å²) in [6.07, 6.45) is 0.721. The van der Waals surface area contributed by atoms with E-state index in [1.54, 1.807) is 17.7 Å². The zero-order valence-electron chi connectivity index (χ0n) is 15.3. The third kappa shape index (κ3) is 3.01. The Kier molecular flexibility index (Phi) is 4.28. The van der Waals surface area contributed by atoms with Crippen LogP contribution in [0.2, 0.25) is 0 Å². The smallest absolute Gasteiger partial charge is 0.298 e. The fourth-order valence-electron chi connectivity index (χ4n) is 3.47. The number of aromatic nitrogens is 1. The van der Waals surface area contributed by atoms with Gasteiger partial charge in [-0.3, -0.25) is 9.59 Å². The van der Waals surface area contributed by atoms with Gasteiger partial charge in [-0.1, -0.05) is 36.4 Å². The molecule has 5 heteroatoms. The second kappa shape index (κ2) is 6.76. The molecule has 0 saturated heterocycles. The lowest BCUT2D eigenvalue weighted by atomic mass is 10.0. The van der Waals surface area contributed by atoms with E-state index in [0.717, 1.165) is 34.6 Å². The number of nitrogens with one attached hydrogen (secondary N) is 1. The average molecular weight is 360 g/mol. The van der Waals surface area contributed by atoms with Gasteiger partial charge in [0, 0.05) is 36.0 Å². The Morgan fingerprint density at radius 1 is 1.07 bits per heavy atom. The highest BCUT2D eigenvalue weighted by atomic mass is 16.5. The number of benzene rings is 2. The van der Waals surface area contributed by atoms with Crippen molar-refractivity contribution < 1.29 is 14.3 Å². The van der Waals surface area contributed by atoms with E-state index in [4.69, 9.17) is 4.74 Å². The molecule has 0 aliphatic carbocycles. The summed E-state index contributed by atoms with van der Waals surface area (Å²) in [6, 6.07) is 17.0. The van der Waals surface area contributed by atoms with E-state index in [-0.39, 0.29) is 0 Å². The highest BCUT2D eigenvalue weighted by Crippen LogP contribution is 2.32. The minimum atomic E-state index is -0.645. The number of ether oxygens (including phenoxy) is 1. The maximum atomic E-state index is 13.0. The predicted octanol–water partition coefficient (Wildman–Crippen LogP) is 3.76. The lowest BCUT2D eigenvalue weighted by Gasteiger charge is -2.11. The van der Waals surface area contributed by atoms with Gasteiger partial charge in [0.1, 0.15) is 11.4 Å². The Labute approximate surface area is 157 Å². The number of Topliss-reactive ketones (excluding diaryl/α,β-unsaturated/α-hetero) is 1. The number of hydrogen-bond donors (Lipinski definition) is 1. The Bertz CT molecular complexity index is 1040. The molecular formula is C22H20N2O3. The van der Waals surface area contributed by atoms with Gasteiger partial charge in [-0.15, -0.1) is 0 Å². The summed E-state index contributed by atoms with van der Waals surface area (Å²) in [4.78, 5) is 25.8. The molecule has 0 atom stereocenters. The van der Waals surface area contributed by atoms with Gasteiger partial charge in [0.2, 0.25) is 0 Å². The van der Waals surface area contributed by atoms with Crippen molar-refractivity contribution in [2.24, 2.45) is 7.05 Å². The van der Waals surface area contributed by atoms with Gasteiger partial charge < -0.3 is 14.6 Å². The molecule has 1 aliphatic rings. The molecule has 0 spiro atoms. The van der Waals surface area contributed by atoms with Crippen LogP contribution in [-0.2, 0) is 18.3 Å². The molecule has 0 bridgehead atoms. The van der Waals surface area contributed by atoms with Crippen LogP contribution in [0.1, 0.15) is 21.7 Å².